The van der Waals surface area contributed by atoms with E-state index in [1.165, 1.54) is 195 Å². The van der Waals surface area contributed by atoms with Crippen LogP contribution in [-0.4, -0.2) is 0 Å². The van der Waals surface area contributed by atoms with Crippen LogP contribution in [-0.2, 0) is 43.3 Å². The summed E-state index contributed by atoms with van der Waals surface area (Å²) in [6, 6.07) is 145. The van der Waals surface area contributed by atoms with Gasteiger partial charge in [0.2, 0.25) is 0 Å². The van der Waals surface area contributed by atoms with Gasteiger partial charge in [-0.2, -0.15) is 0 Å². The average molecular weight is 1750 g/mol. The van der Waals surface area contributed by atoms with Gasteiger partial charge < -0.3 is 0 Å². The Morgan fingerprint density at radius 3 is 0.888 bits per heavy atom. The molecule has 0 atom stereocenters. The van der Waals surface area contributed by atoms with Crippen molar-refractivity contribution in [3.05, 3.63) is 445 Å². The van der Waals surface area contributed by atoms with Crippen LogP contribution in [0.2, 0.25) is 0 Å². The Morgan fingerprint density at radius 2 is 0.403 bits per heavy atom. The normalized spacial score (nSPS) is 12.2. The number of benzene rings is 22. The Kier molecular flexibility index (Phi) is 27.6. The van der Waals surface area contributed by atoms with Gasteiger partial charge in [0, 0.05) is 0 Å². The van der Waals surface area contributed by atoms with E-state index in [1.807, 2.05) is 0 Å². The van der Waals surface area contributed by atoms with Gasteiger partial charge in [0.1, 0.15) is 0 Å². The van der Waals surface area contributed by atoms with Gasteiger partial charge in [-0.15, -0.1) is 0 Å². The summed E-state index contributed by atoms with van der Waals surface area (Å²) in [5, 5.41) is 37.9. The lowest BCUT2D eigenvalue weighted by Gasteiger charge is -2.24. The molecule has 0 N–H and O–H groups in total. The second-order valence-corrected chi connectivity index (χ2v) is 44.9. The third-order valence-electron chi connectivity index (χ3n) is 26.5. The molecule has 0 fully saturated rings. The molecule has 0 aliphatic heterocycles. The summed E-state index contributed by atoms with van der Waals surface area (Å²) in [6.45, 7) is 54.5. The Labute approximate surface area is 799 Å². The maximum atomic E-state index is 2.40. The van der Waals surface area contributed by atoms with Crippen LogP contribution in [0.4, 0.5) is 0 Å². The number of hydrogen-bond donors (Lipinski definition) is 0. The Balaban J connectivity index is 0.000000118. The highest BCUT2D eigenvalue weighted by molar-refractivity contribution is 6.24. The predicted molar refractivity (Wildman–Crippen MR) is 597 cm³/mol. The van der Waals surface area contributed by atoms with E-state index in [-0.39, 0.29) is 37.9 Å². The first-order valence-corrected chi connectivity index (χ1v) is 48.4. The third-order valence-corrected chi connectivity index (χ3v) is 26.5. The SMILES string of the molecule is CC(C)(C)c1c2ccccc2cc2ccccc12.CC(C)(C)c1cc2c3ccccc3ccc2c2ccccc12.CC(C)(C)c1cc2ccccc2c2ccccc12.CC(C)(C)c1ccc2ccc3cccc4ccc1c2c34.CC(C)(C)c1ccc2ccc3ccccc3c2c1.CC(C)(C)c1ccc2ccccc2c1.CC(C)(C)c1cccc2ccccc12.CC(C)(C)c1ccccc1. The lowest BCUT2D eigenvalue weighted by molar-refractivity contribution is 0.590. The van der Waals surface area contributed by atoms with Gasteiger partial charge >= 0.3 is 0 Å². The molecule has 0 aliphatic carbocycles. The zero-order chi connectivity index (χ0) is 95.5. The zero-order valence-corrected chi connectivity index (χ0v) is 84.1. The first-order chi connectivity index (χ1) is 63.6. The predicted octanol–water partition coefficient (Wildman–Crippen LogP) is 39.5. The molecule has 22 aromatic carbocycles. The zero-order valence-electron chi connectivity index (χ0n) is 84.1. The number of fused-ring (bicyclic) bond motifs is 15. The van der Waals surface area contributed by atoms with Gasteiger partial charge in [0.15, 0.2) is 0 Å². The quantitative estimate of drug-likeness (QED) is 0.105. The minimum absolute atomic E-state index is 0.130. The molecule has 0 aliphatic rings. The van der Waals surface area contributed by atoms with E-state index < -0.39 is 0 Å². The van der Waals surface area contributed by atoms with Crippen LogP contribution in [0.3, 0.4) is 0 Å². The molecule has 0 saturated carbocycles. The molecule has 22 rings (SSSR count). The van der Waals surface area contributed by atoms with E-state index >= 15 is 0 Å². The summed E-state index contributed by atoms with van der Waals surface area (Å²) in [5.41, 5.74) is 12.9. The molecule has 134 heavy (non-hydrogen) atoms. The van der Waals surface area contributed by atoms with Crippen molar-refractivity contribution in [2.45, 2.75) is 209 Å². The van der Waals surface area contributed by atoms with Crippen molar-refractivity contribution in [1.29, 1.82) is 0 Å². The van der Waals surface area contributed by atoms with Crippen molar-refractivity contribution in [3.63, 3.8) is 0 Å². The van der Waals surface area contributed by atoms with Crippen molar-refractivity contribution in [2.75, 3.05) is 0 Å². The van der Waals surface area contributed by atoms with Crippen LogP contribution in [0.1, 0.15) is 211 Å². The van der Waals surface area contributed by atoms with Crippen LogP contribution in [0.5, 0.6) is 0 Å². The molecule has 0 spiro atoms. The first kappa shape index (κ1) is 95.4. The van der Waals surface area contributed by atoms with Gasteiger partial charge in [-0.1, -0.05) is 548 Å². The van der Waals surface area contributed by atoms with E-state index in [1.54, 1.807) is 0 Å². The average Bonchev–Trinajstić information content (AvgIpc) is 0.512. The maximum absolute atomic E-state index is 2.40. The molecular weight excluding hydrogens is 1610 g/mol. The van der Waals surface area contributed by atoms with Crippen molar-refractivity contribution < 1.29 is 0 Å². The molecule has 0 radical (unpaired) electrons. The molecule has 0 amide bonds. The van der Waals surface area contributed by atoms with Crippen molar-refractivity contribution in [2.24, 2.45) is 0 Å². The molecular formula is C134H138. The molecule has 0 bridgehead atoms. The topological polar surface area (TPSA) is 0 Å². The Hall–Kier alpha value is -13.3. The highest BCUT2D eigenvalue weighted by atomic mass is 14.3. The summed E-state index contributed by atoms with van der Waals surface area (Å²) < 4.78 is 0. The molecule has 0 nitrogen and oxygen atoms in total. The first-order valence-electron chi connectivity index (χ1n) is 48.4. The largest absolute Gasteiger partial charge is 0.0622 e. The van der Waals surface area contributed by atoms with E-state index in [0.29, 0.717) is 5.41 Å². The van der Waals surface area contributed by atoms with E-state index in [4.69, 9.17) is 0 Å². The molecule has 0 heterocycles. The van der Waals surface area contributed by atoms with E-state index in [0.717, 1.165) is 0 Å². The van der Waals surface area contributed by atoms with Gasteiger partial charge in [0.05, 0.1) is 0 Å². The van der Waals surface area contributed by atoms with Crippen LogP contribution in [0.15, 0.2) is 400 Å². The van der Waals surface area contributed by atoms with Gasteiger partial charge in [-0.3, -0.25) is 0 Å². The summed E-state index contributed by atoms with van der Waals surface area (Å²) in [7, 11) is 0. The summed E-state index contributed by atoms with van der Waals surface area (Å²) >= 11 is 0. The van der Waals surface area contributed by atoms with Crippen molar-refractivity contribution >= 4 is 151 Å². The van der Waals surface area contributed by atoms with Crippen LogP contribution in [0, 0.1) is 0 Å². The van der Waals surface area contributed by atoms with Crippen LogP contribution in [0.25, 0.3) is 151 Å². The summed E-state index contributed by atoms with van der Waals surface area (Å²) in [4.78, 5) is 0. The standard InChI is InChI=1S/C22H20.C20H18.3C18H18.2C14H16.C10H14/c1-22(2,3)21-14-20-16-9-5-4-8-15(16)12-13-18(20)17-10-6-7-11-19(17)21;1-20(2,3)17-12-10-15-8-7-13-5-4-6-14-9-11-16(17)19(15)18(13)14;1-18(2,3)17-15-10-6-4-8-13(15)12-14-9-5-7-11-16(14)17;1-18(2,3)17-12-13-8-4-5-9-14(13)15-10-6-7-11-16(15)17;1-18(2,3)15-11-10-14-9-8-13-6-4-5-7-16(13)17(14)12-15;1-14(2,3)13-10-6-8-11-7-4-5-9-12(11)13;1-14(2,3)13-9-8-11-6-4-5-7-12(11)10-13;1-10(2,3)9-7-5-4-6-8-9/h4-14H,1-3H3;4-12H,1-3H3;3*4-12H,1-3H3;2*4-10H,1-3H3;4-8H,1-3H3. The van der Waals surface area contributed by atoms with Crippen LogP contribution < -0.4 is 0 Å². The van der Waals surface area contributed by atoms with Crippen molar-refractivity contribution in [1.82, 2.24) is 0 Å². The summed E-state index contributed by atoms with van der Waals surface area (Å²) in [6.07, 6.45) is 0. The van der Waals surface area contributed by atoms with Gasteiger partial charge in [-0.05, 0) is 257 Å². The maximum Gasteiger partial charge on any atom is -0.00238 e. The molecule has 0 unspecified atom stereocenters. The minimum Gasteiger partial charge on any atom is -0.0622 e. The fourth-order valence-corrected chi connectivity index (χ4v) is 19.3. The Bertz CT molecular complexity index is 7800. The minimum atomic E-state index is 0.130. The molecule has 0 heteroatoms. The molecule has 22 aromatic rings. The van der Waals surface area contributed by atoms with E-state index in [2.05, 4.69) is 567 Å². The second kappa shape index (κ2) is 38.7. The molecule has 0 saturated heterocycles. The lowest BCUT2D eigenvalue weighted by atomic mass is 9.80. The molecule has 0 aromatic heterocycles. The highest BCUT2D eigenvalue weighted by Crippen LogP contribution is 2.44. The fourth-order valence-electron chi connectivity index (χ4n) is 19.3. The fraction of sp³-hybridized carbons (Fsp3) is 0.239. The lowest BCUT2D eigenvalue weighted by Crippen LogP contribution is -2.12. The molecule has 674 valence electrons. The van der Waals surface area contributed by atoms with Gasteiger partial charge in [-0.25, -0.2) is 0 Å². The Morgan fingerprint density at radius 1 is 0.112 bits per heavy atom. The number of hydrogen-bond acceptors (Lipinski definition) is 0. The monoisotopic (exact) mass is 1750 g/mol. The van der Waals surface area contributed by atoms with Crippen molar-refractivity contribution in [3.8, 4) is 0 Å². The van der Waals surface area contributed by atoms with E-state index in [9.17, 15) is 0 Å². The van der Waals surface area contributed by atoms with Gasteiger partial charge in [0.25, 0.3) is 0 Å². The van der Waals surface area contributed by atoms with Crippen LogP contribution >= 0.6 is 0 Å². The smallest absolute Gasteiger partial charge is 0.00238 e. The second-order valence-electron chi connectivity index (χ2n) is 44.9. The third kappa shape index (κ3) is 21.5. The summed E-state index contributed by atoms with van der Waals surface area (Å²) in [5.74, 6) is 0. The highest BCUT2D eigenvalue weighted by Gasteiger charge is 2.26. The number of rotatable bonds is 0.